The van der Waals surface area contributed by atoms with E-state index < -0.39 is 24.4 Å². The van der Waals surface area contributed by atoms with Crippen molar-refractivity contribution in [1.82, 2.24) is 10.9 Å². The van der Waals surface area contributed by atoms with E-state index in [1.165, 1.54) is 38.5 Å². The number of nitrogens with one attached hydrogen (secondary N) is 2. The Morgan fingerprint density at radius 1 is 0.938 bits per heavy atom. The van der Waals surface area contributed by atoms with Crippen LogP contribution in [-0.4, -0.2) is 45.2 Å². The Hall–Kier alpha value is -3.46. The number of halogens is 1. The smallest absolute Gasteiger partial charge is 0.338 e. The van der Waals surface area contributed by atoms with Crippen LogP contribution in [0.5, 0.6) is 17.2 Å². The van der Waals surface area contributed by atoms with Gasteiger partial charge in [0.05, 0.1) is 32.0 Å². The van der Waals surface area contributed by atoms with Gasteiger partial charge in [-0.05, 0) is 42.3 Å². The van der Waals surface area contributed by atoms with Crippen molar-refractivity contribution in [3.8, 4) is 17.2 Å². The van der Waals surface area contributed by atoms with Gasteiger partial charge < -0.3 is 18.9 Å². The molecule has 2 N–H and O–H groups in total. The average Bonchev–Trinajstić information content (AvgIpc) is 2.79. The Morgan fingerprint density at radius 3 is 2.28 bits per heavy atom. The van der Waals surface area contributed by atoms with Crippen LogP contribution in [0.4, 0.5) is 0 Å². The third kappa shape index (κ3) is 7.05. The van der Waals surface area contributed by atoms with Crippen molar-refractivity contribution in [3.63, 3.8) is 0 Å². The molecule has 2 amide bonds. The molecule has 0 radical (unpaired) electrons. The Bertz CT molecular complexity index is 979. The molecule has 0 aliphatic heterocycles. The van der Waals surface area contributed by atoms with Crippen LogP contribution in [0.15, 0.2) is 36.4 Å². The van der Waals surface area contributed by atoms with Gasteiger partial charge in [-0.2, -0.15) is 0 Å². The fourth-order valence-electron chi connectivity index (χ4n) is 2.47. The lowest BCUT2D eigenvalue weighted by atomic mass is 10.2. The quantitative estimate of drug-likeness (QED) is 0.433. The van der Waals surface area contributed by atoms with E-state index in [2.05, 4.69) is 10.9 Å². The fourth-order valence-corrected chi connectivity index (χ4v) is 2.64. The monoisotopic (exact) mass is 464 g/mol. The lowest BCUT2D eigenvalue weighted by molar-refractivity contribution is -0.125. The summed E-state index contributed by atoms with van der Waals surface area (Å²) in [5.41, 5.74) is 4.68. The first kappa shape index (κ1) is 24.8. The first-order valence-electron chi connectivity index (χ1n) is 9.65. The minimum Gasteiger partial charge on any atom is -0.496 e. The summed E-state index contributed by atoms with van der Waals surface area (Å²) in [5.74, 6) is -0.661. The van der Waals surface area contributed by atoms with E-state index in [-0.39, 0.29) is 16.9 Å². The maximum absolute atomic E-state index is 12.3. The molecule has 0 fully saturated rings. The van der Waals surface area contributed by atoms with Crippen LogP contribution in [0.25, 0.3) is 0 Å². The molecule has 2 aromatic carbocycles. The van der Waals surface area contributed by atoms with Gasteiger partial charge in [0.25, 0.3) is 11.8 Å². The zero-order valence-electron chi connectivity index (χ0n) is 18.2. The molecule has 172 valence electrons. The molecule has 2 aromatic rings. The number of ether oxygens (including phenoxy) is 4. The first-order valence-corrected chi connectivity index (χ1v) is 10.0. The largest absolute Gasteiger partial charge is 0.496 e. The number of rotatable bonds is 9. The summed E-state index contributed by atoms with van der Waals surface area (Å²) in [6.45, 7) is 3.90. The van der Waals surface area contributed by atoms with Crippen molar-refractivity contribution in [2.75, 3.05) is 27.4 Å². The summed E-state index contributed by atoms with van der Waals surface area (Å²) in [6, 6.07) is 9.04. The second kappa shape index (κ2) is 11.8. The van der Waals surface area contributed by atoms with Crippen LogP contribution in [0, 0.1) is 5.92 Å². The summed E-state index contributed by atoms with van der Waals surface area (Å²) in [6.07, 6.45) is 0. The van der Waals surface area contributed by atoms with Crippen LogP contribution < -0.4 is 25.1 Å². The van der Waals surface area contributed by atoms with E-state index in [1.807, 2.05) is 13.8 Å². The van der Waals surface area contributed by atoms with Crippen molar-refractivity contribution in [3.05, 3.63) is 52.5 Å². The number of esters is 1. The van der Waals surface area contributed by atoms with Gasteiger partial charge in [-0.3, -0.25) is 20.4 Å². The van der Waals surface area contributed by atoms with E-state index in [0.717, 1.165) is 0 Å². The lowest BCUT2D eigenvalue weighted by Gasteiger charge is -2.13. The summed E-state index contributed by atoms with van der Waals surface area (Å²) in [4.78, 5) is 36.5. The van der Waals surface area contributed by atoms with Gasteiger partial charge >= 0.3 is 5.97 Å². The van der Waals surface area contributed by atoms with Crippen molar-refractivity contribution >= 4 is 29.4 Å². The minimum absolute atomic E-state index is 0.129. The second-order valence-electron chi connectivity index (χ2n) is 6.99. The number of carbonyl (C=O) groups is 3. The van der Waals surface area contributed by atoms with Crippen LogP contribution in [0.1, 0.15) is 34.6 Å². The Balaban J connectivity index is 1.89. The third-order valence-corrected chi connectivity index (χ3v) is 4.26. The Labute approximate surface area is 190 Å². The maximum atomic E-state index is 12.3. The number of amides is 2. The van der Waals surface area contributed by atoms with Gasteiger partial charge in [-0.25, -0.2) is 4.79 Å². The van der Waals surface area contributed by atoms with Gasteiger partial charge in [0.2, 0.25) is 0 Å². The number of benzene rings is 2. The summed E-state index contributed by atoms with van der Waals surface area (Å²) >= 11 is 5.89. The van der Waals surface area contributed by atoms with Gasteiger partial charge in [-0.15, -0.1) is 0 Å². The standard InChI is InChI=1S/C22H25ClN2O7/c1-13(2)11-31-18-7-5-14(9-19(18)30-4)22(28)32-12-20(26)24-25-21(27)16-10-15(23)6-8-17(16)29-3/h5-10,13H,11-12H2,1-4H3,(H,24,26)(H,25,27). The van der Waals surface area contributed by atoms with Crippen molar-refractivity contribution in [1.29, 1.82) is 0 Å². The number of carbonyl (C=O) groups excluding carboxylic acids is 3. The van der Waals surface area contributed by atoms with Crippen LogP contribution in [0.2, 0.25) is 5.02 Å². The Kier molecular flexibility index (Phi) is 9.15. The molecule has 0 bridgehead atoms. The molecular formula is C22H25ClN2O7. The number of hydrazine groups is 1. The van der Waals surface area contributed by atoms with Crippen LogP contribution in [0.3, 0.4) is 0 Å². The molecular weight excluding hydrogens is 440 g/mol. The second-order valence-corrected chi connectivity index (χ2v) is 7.43. The lowest BCUT2D eigenvalue weighted by Crippen LogP contribution is -2.43. The number of methoxy groups -OCH3 is 2. The van der Waals surface area contributed by atoms with Gasteiger partial charge in [0.15, 0.2) is 18.1 Å². The molecule has 0 saturated heterocycles. The van der Waals surface area contributed by atoms with Crippen LogP contribution >= 0.6 is 11.6 Å². The molecule has 0 unspecified atom stereocenters. The van der Waals surface area contributed by atoms with E-state index in [9.17, 15) is 14.4 Å². The molecule has 2 rings (SSSR count). The number of hydrogen-bond acceptors (Lipinski definition) is 7. The van der Waals surface area contributed by atoms with Gasteiger partial charge in [-0.1, -0.05) is 25.4 Å². The molecule has 0 heterocycles. The highest BCUT2D eigenvalue weighted by atomic mass is 35.5. The summed E-state index contributed by atoms with van der Waals surface area (Å²) in [5, 5.41) is 0.326. The molecule has 9 nitrogen and oxygen atoms in total. The molecule has 0 spiro atoms. The highest BCUT2D eigenvalue weighted by Crippen LogP contribution is 2.28. The third-order valence-electron chi connectivity index (χ3n) is 4.03. The topological polar surface area (TPSA) is 112 Å². The van der Waals surface area contributed by atoms with Crippen molar-refractivity contribution in [2.24, 2.45) is 5.92 Å². The van der Waals surface area contributed by atoms with Crippen molar-refractivity contribution in [2.45, 2.75) is 13.8 Å². The molecule has 0 atom stereocenters. The molecule has 0 aliphatic rings. The molecule has 0 aliphatic carbocycles. The molecule has 0 saturated carbocycles. The highest BCUT2D eigenvalue weighted by molar-refractivity contribution is 6.31. The predicted molar refractivity (Wildman–Crippen MR) is 117 cm³/mol. The predicted octanol–water partition coefficient (Wildman–Crippen LogP) is 3.01. The van der Waals surface area contributed by atoms with E-state index in [0.29, 0.717) is 29.0 Å². The normalized spacial score (nSPS) is 10.3. The zero-order chi connectivity index (χ0) is 23.7. The maximum Gasteiger partial charge on any atom is 0.338 e. The van der Waals surface area contributed by atoms with E-state index in [4.69, 9.17) is 30.5 Å². The molecule has 0 aromatic heterocycles. The van der Waals surface area contributed by atoms with Gasteiger partial charge in [0.1, 0.15) is 5.75 Å². The zero-order valence-corrected chi connectivity index (χ0v) is 18.9. The minimum atomic E-state index is -0.739. The molecule has 32 heavy (non-hydrogen) atoms. The number of hydrogen-bond donors (Lipinski definition) is 2. The Morgan fingerprint density at radius 2 is 1.62 bits per heavy atom. The van der Waals surface area contributed by atoms with Crippen LogP contribution in [-0.2, 0) is 9.53 Å². The van der Waals surface area contributed by atoms with E-state index >= 15 is 0 Å². The molecule has 10 heteroatoms. The summed E-state index contributed by atoms with van der Waals surface area (Å²) < 4.78 is 21.0. The fraction of sp³-hybridized carbons (Fsp3) is 0.318. The average molecular weight is 465 g/mol. The SMILES string of the molecule is COc1cc(C(=O)OCC(=O)NNC(=O)c2cc(Cl)ccc2OC)ccc1OCC(C)C. The summed E-state index contributed by atoms with van der Waals surface area (Å²) in [7, 11) is 2.85. The first-order chi connectivity index (χ1) is 15.2. The van der Waals surface area contributed by atoms with Gasteiger partial charge in [0, 0.05) is 5.02 Å². The van der Waals surface area contributed by atoms with Crippen molar-refractivity contribution < 1.29 is 33.3 Å². The van der Waals surface area contributed by atoms with E-state index in [1.54, 1.807) is 12.1 Å². The highest BCUT2D eigenvalue weighted by Gasteiger charge is 2.16.